The maximum atomic E-state index is 11.9. The zero-order valence-corrected chi connectivity index (χ0v) is 7.88. The monoisotopic (exact) mass is 193 g/mol. The van der Waals surface area contributed by atoms with Gasteiger partial charge in [-0.2, -0.15) is 0 Å². The predicted molar refractivity (Wildman–Crippen MR) is 43.2 cm³/mol. The summed E-state index contributed by atoms with van der Waals surface area (Å²) in [5, 5.41) is 0. The van der Waals surface area contributed by atoms with Crippen LogP contribution in [-0.4, -0.2) is 29.7 Å². The van der Waals surface area contributed by atoms with E-state index < -0.39 is 30.7 Å². The summed E-state index contributed by atoms with van der Waals surface area (Å²) in [6.07, 6.45) is -2.67. The van der Waals surface area contributed by atoms with Crippen LogP contribution in [0.5, 0.6) is 0 Å². The summed E-state index contributed by atoms with van der Waals surface area (Å²) in [7, 11) is 0. The van der Waals surface area contributed by atoms with E-state index >= 15 is 0 Å². The molecule has 0 aliphatic rings. The quantitative estimate of drug-likeness (QED) is 0.677. The Morgan fingerprint density at radius 2 is 1.77 bits per heavy atom. The topological polar surface area (TPSA) is 37.4 Å². The predicted octanol–water partition coefficient (Wildman–Crippen LogP) is 1.28. The van der Waals surface area contributed by atoms with Crippen LogP contribution in [0.1, 0.15) is 20.8 Å². The number of nitrogens with zero attached hydrogens (tertiary/aromatic N) is 1. The summed E-state index contributed by atoms with van der Waals surface area (Å²) < 4.78 is 23.8. The third-order valence-corrected chi connectivity index (χ3v) is 1.46. The van der Waals surface area contributed by atoms with Gasteiger partial charge in [-0.3, -0.25) is 14.5 Å². The average Bonchev–Trinajstić information content (AvgIpc) is 1.97. The third-order valence-electron chi connectivity index (χ3n) is 1.46. The number of amides is 2. The summed E-state index contributed by atoms with van der Waals surface area (Å²) >= 11 is 0. The normalized spacial score (nSPS) is 10.7. The van der Waals surface area contributed by atoms with E-state index in [4.69, 9.17) is 0 Å². The number of carbonyl (C=O) groups excluding carboxylic acids is 2. The molecule has 0 fully saturated rings. The second kappa shape index (κ2) is 4.89. The molecule has 3 nitrogen and oxygen atoms in total. The Balaban J connectivity index is 4.43. The van der Waals surface area contributed by atoms with Gasteiger partial charge >= 0.3 is 0 Å². The molecule has 5 heteroatoms. The lowest BCUT2D eigenvalue weighted by Gasteiger charge is -2.20. The molecule has 0 saturated heterocycles. The lowest BCUT2D eigenvalue weighted by atomic mass is 10.2. The Labute approximate surface area is 75.7 Å². The minimum absolute atomic E-state index is 0.442. The van der Waals surface area contributed by atoms with Crippen molar-refractivity contribution in [2.24, 2.45) is 5.92 Å². The van der Waals surface area contributed by atoms with Crippen molar-refractivity contribution in [3.05, 3.63) is 0 Å². The molecular formula is C8H13F2NO2. The molecule has 0 aliphatic carbocycles. The lowest BCUT2D eigenvalue weighted by molar-refractivity contribution is -0.147. The third kappa shape index (κ3) is 3.96. The fourth-order valence-electron chi connectivity index (χ4n) is 0.823. The van der Waals surface area contributed by atoms with E-state index in [0.717, 1.165) is 6.92 Å². The van der Waals surface area contributed by atoms with Crippen LogP contribution in [0.15, 0.2) is 0 Å². The number of halogens is 2. The molecule has 0 bridgehead atoms. The molecular weight excluding hydrogens is 180 g/mol. The molecule has 0 aromatic heterocycles. The van der Waals surface area contributed by atoms with Crippen LogP contribution in [0, 0.1) is 5.92 Å². The van der Waals surface area contributed by atoms with Crippen LogP contribution < -0.4 is 0 Å². The molecule has 0 aromatic rings. The highest BCUT2D eigenvalue weighted by Crippen LogP contribution is 2.05. The minimum atomic E-state index is -2.67. The van der Waals surface area contributed by atoms with E-state index in [1.54, 1.807) is 13.8 Å². The molecule has 0 N–H and O–H groups in total. The van der Waals surface area contributed by atoms with E-state index in [1.807, 2.05) is 0 Å². The van der Waals surface area contributed by atoms with Gasteiger partial charge in [-0.15, -0.1) is 0 Å². The van der Waals surface area contributed by atoms with Crippen LogP contribution in [0.4, 0.5) is 8.78 Å². The fraction of sp³-hybridized carbons (Fsp3) is 0.750. The Hall–Kier alpha value is -1.00. The van der Waals surface area contributed by atoms with Crippen molar-refractivity contribution < 1.29 is 18.4 Å². The molecule has 0 spiro atoms. The Kier molecular flexibility index (Phi) is 4.51. The van der Waals surface area contributed by atoms with Gasteiger partial charge in [0.05, 0.1) is 6.54 Å². The van der Waals surface area contributed by atoms with Crippen LogP contribution in [-0.2, 0) is 9.59 Å². The molecule has 0 saturated carbocycles. The van der Waals surface area contributed by atoms with Crippen LogP contribution in [0.25, 0.3) is 0 Å². The van der Waals surface area contributed by atoms with Gasteiger partial charge in [0.15, 0.2) is 0 Å². The maximum absolute atomic E-state index is 11.9. The van der Waals surface area contributed by atoms with Crippen molar-refractivity contribution in [2.75, 3.05) is 6.54 Å². The second-order valence-electron chi connectivity index (χ2n) is 3.01. The number of hydrogen-bond acceptors (Lipinski definition) is 2. The summed E-state index contributed by atoms with van der Waals surface area (Å²) in [6.45, 7) is 3.41. The first-order valence-corrected chi connectivity index (χ1v) is 3.96. The van der Waals surface area contributed by atoms with Crippen LogP contribution >= 0.6 is 0 Å². The van der Waals surface area contributed by atoms with Crippen molar-refractivity contribution in [1.82, 2.24) is 4.90 Å². The van der Waals surface area contributed by atoms with E-state index in [2.05, 4.69) is 0 Å². The first kappa shape index (κ1) is 12.0. The number of alkyl halides is 2. The molecule has 0 heterocycles. The smallest absolute Gasteiger partial charge is 0.256 e. The van der Waals surface area contributed by atoms with Gasteiger partial charge in [0.25, 0.3) is 6.43 Å². The maximum Gasteiger partial charge on any atom is 0.256 e. The second-order valence-corrected chi connectivity index (χ2v) is 3.01. The molecule has 0 aliphatic heterocycles. The lowest BCUT2D eigenvalue weighted by Crippen LogP contribution is -2.41. The van der Waals surface area contributed by atoms with Crippen LogP contribution in [0.3, 0.4) is 0 Å². The van der Waals surface area contributed by atoms with Crippen molar-refractivity contribution in [3.63, 3.8) is 0 Å². The van der Waals surface area contributed by atoms with Gasteiger partial charge in [0.2, 0.25) is 11.8 Å². The largest absolute Gasteiger partial charge is 0.277 e. The van der Waals surface area contributed by atoms with Crippen molar-refractivity contribution >= 4 is 11.8 Å². The number of hydrogen-bond donors (Lipinski definition) is 0. The standard InChI is InChI=1S/C8H13F2NO2/c1-5(2)8(13)11(6(3)12)4-7(9)10/h5,7H,4H2,1-3H3. The fourth-order valence-corrected chi connectivity index (χ4v) is 0.823. The zero-order chi connectivity index (χ0) is 10.6. The minimum Gasteiger partial charge on any atom is -0.277 e. The summed E-state index contributed by atoms with van der Waals surface area (Å²) in [4.78, 5) is 22.6. The SMILES string of the molecule is CC(=O)N(CC(F)F)C(=O)C(C)C. The van der Waals surface area contributed by atoms with E-state index in [0.29, 0.717) is 4.90 Å². The molecule has 0 unspecified atom stereocenters. The van der Waals surface area contributed by atoms with Crippen molar-refractivity contribution in [3.8, 4) is 0 Å². The van der Waals surface area contributed by atoms with Crippen molar-refractivity contribution in [2.45, 2.75) is 27.2 Å². The number of rotatable bonds is 3. The van der Waals surface area contributed by atoms with Gasteiger partial charge in [-0.25, -0.2) is 8.78 Å². The Bertz CT molecular complexity index is 204. The first-order chi connectivity index (χ1) is 5.86. The Morgan fingerprint density at radius 1 is 1.31 bits per heavy atom. The average molecular weight is 193 g/mol. The summed E-state index contributed by atoms with van der Waals surface area (Å²) in [6, 6.07) is 0. The van der Waals surface area contributed by atoms with Crippen LogP contribution in [0.2, 0.25) is 0 Å². The zero-order valence-electron chi connectivity index (χ0n) is 7.88. The number of imide groups is 1. The summed E-state index contributed by atoms with van der Waals surface area (Å²) in [5.74, 6) is -1.64. The van der Waals surface area contributed by atoms with Gasteiger partial charge in [0.1, 0.15) is 0 Å². The molecule has 76 valence electrons. The van der Waals surface area contributed by atoms with E-state index in [9.17, 15) is 18.4 Å². The molecule has 2 amide bonds. The Morgan fingerprint density at radius 3 is 2.00 bits per heavy atom. The van der Waals surface area contributed by atoms with Gasteiger partial charge < -0.3 is 0 Å². The van der Waals surface area contributed by atoms with Gasteiger partial charge in [-0.05, 0) is 0 Å². The first-order valence-electron chi connectivity index (χ1n) is 3.96. The van der Waals surface area contributed by atoms with Gasteiger partial charge in [0, 0.05) is 12.8 Å². The highest BCUT2D eigenvalue weighted by Gasteiger charge is 2.23. The number of carbonyl (C=O) groups is 2. The van der Waals surface area contributed by atoms with E-state index in [-0.39, 0.29) is 0 Å². The highest BCUT2D eigenvalue weighted by molar-refractivity contribution is 5.95. The molecule has 0 aromatic carbocycles. The highest BCUT2D eigenvalue weighted by atomic mass is 19.3. The molecule has 0 rings (SSSR count). The molecule has 0 atom stereocenters. The molecule has 0 radical (unpaired) electrons. The van der Waals surface area contributed by atoms with E-state index in [1.165, 1.54) is 0 Å². The van der Waals surface area contributed by atoms with Crippen molar-refractivity contribution in [1.29, 1.82) is 0 Å². The van der Waals surface area contributed by atoms with Gasteiger partial charge in [-0.1, -0.05) is 13.8 Å². The molecule has 13 heavy (non-hydrogen) atoms. The summed E-state index contributed by atoms with van der Waals surface area (Å²) in [5.41, 5.74) is 0.